The van der Waals surface area contributed by atoms with E-state index in [9.17, 15) is 4.79 Å². The number of hydrogen-bond donors (Lipinski definition) is 0. The van der Waals surface area contributed by atoms with Gasteiger partial charge in [0.15, 0.2) is 0 Å². The molecular weight excluding hydrogens is 196 g/mol. The third-order valence-electron chi connectivity index (χ3n) is 3.27. The van der Waals surface area contributed by atoms with Gasteiger partial charge in [-0.3, -0.25) is 4.79 Å². The van der Waals surface area contributed by atoms with E-state index in [0.29, 0.717) is 12.2 Å². The van der Waals surface area contributed by atoms with Crippen LogP contribution in [0.3, 0.4) is 0 Å². The molecule has 0 fully saturated rings. The van der Waals surface area contributed by atoms with Crippen molar-refractivity contribution in [1.29, 1.82) is 0 Å². The SMILES string of the molecule is CCCC(C)C(=O)Cc1c(C)cccc1C. The Morgan fingerprint density at radius 3 is 2.31 bits per heavy atom. The van der Waals surface area contributed by atoms with E-state index < -0.39 is 0 Å². The second kappa shape index (κ2) is 5.83. The summed E-state index contributed by atoms with van der Waals surface area (Å²) in [7, 11) is 0. The summed E-state index contributed by atoms with van der Waals surface area (Å²) in [6, 6.07) is 6.22. The van der Waals surface area contributed by atoms with E-state index in [2.05, 4.69) is 32.9 Å². The minimum absolute atomic E-state index is 0.198. The van der Waals surface area contributed by atoms with Crippen molar-refractivity contribution >= 4 is 5.78 Å². The fourth-order valence-electron chi connectivity index (χ4n) is 2.07. The zero-order valence-corrected chi connectivity index (χ0v) is 10.8. The second-order valence-electron chi connectivity index (χ2n) is 4.70. The molecule has 1 heteroatoms. The molecule has 0 heterocycles. The van der Waals surface area contributed by atoms with Crippen molar-refractivity contribution in [2.45, 2.75) is 47.0 Å². The van der Waals surface area contributed by atoms with Crippen molar-refractivity contribution in [1.82, 2.24) is 0 Å². The summed E-state index contributed by atoms with van der Waals surface area (Å²) in [5.74, 6) is 0.572. The fourth-order valence-corrected chi connectivity index (χ4v) is 2.07. The molecule has 0 radical (unpaired) electrons. The van der Waals surface area contributed by atoms with Crippen LogP contribution < -0.4 is 0 Å². The summed E-state index contributed by atoms with van der Waals surface area (Å²) < 4.78 is 0. The highest BCUT2D eigenvalue weighted by Gasteiger charge is 2.14. The van der Waals surface area contributed by atoms with Crippen molar-refractivity contribution in [2.75, 3.05) is 0 Å². The highest BCUT2D eigenvalue weighted by atomic mass is 16.1. The molecule has 0 N–H and O–H groups in total. The van der Waals surface area contributed by atoms with Crippen LogP contribution in [0, 0.1) is 19.8 Å². The molecule has 0 aliphatic carbocycles. The molecule has 88 valence electrons. The van der Waals surface area contributed by atoms with Crippen LogP contribution in [0.25, 0.3) is 0 Å². The van der Waals surface area contributed by atoms with Gasteiger partial charge in [0.1, 0.15) is 5.78 Å². The van der Waals surface area contributed by atoms with Crippen LogP contribution in [0.15, 0.2) is 18.2 Å². The van der Waals surface area contributed by atoms with E-state index in [-0.39, 0.29) is 5.92 Å². The van der Waals surface area contributed by atoms with Crippen LogP contribution in [0.5, 0.6) is 0 Å². The molecule has 16 heavy (non-hydrogen) atoms. The lowest BCUT2D eigenvalue weighted by atomic mass is 9.92. The van der Waals surface area contributed by atoms with Gasteiger partial charge in [0.2, 0.25) is 0 Å². The largest absolute Gasteiger partial charge is 0.299 e. The molecule has 0 saturated heterocycles. The zero-order valence-electron chi connectivity index (χ0n) is 10.8. The van der Waals surface area contributed by atoms with Gasteiger partial charge < -0.3 is 0 Å². The van der Waals surface area contributed by atoms with Gasteiger partial charge in [0, 0.05) is 12.3 Å². The van der Waals surface area contributed by atoms with Crippen LogP contribution >= 0.6 is 0 Å². The van der Waals surface area contributed by atoms with Crippen molar-refractivity contribution in [2.24, 2.45) is 5.92 Å². The minimum Gasteiger partial charge on any atom is -0.299 e. The van der Waals surface area contributed by atoms with Gasteiger partial charge in [0.05, 0.1) is 0 Å². The third kappa shape index (κ3) is 3.19. The maximum absolute atomic E-state index is 12.0. The molecule has 1 nitrogen and oxygen atoms in total. The Morgan fingerprint density at radius 2 is 1.81 bits per heavy atom. The van der Waals surface area contributed by atoms with Crippen LogP contribution in [0.2, 0.25) is 0 Å². The third-order valence-corrected chi connectivity index (χ3v) is 3.27. The number of benzene rings is 1. The van der Waals surface area contributed by atoms with Gasteiger partial charge in [0.25, 0.3) is 0 Å². The summed E-state index contributed by atoms with van der Waals surface area (Å²) in [6.45, 7) is 8.34. The highest BCUT2D eigenvalue weighted by Crippen LogP contribution is 2.17. The molecule has 1 rings (SSSR count). The smallest absolute Gasteiger partial charge is 0.140 e. The topological polar surface area (TPSA) is 17.1 Å². The summed E-state index contributed by atoms with van der Waals surface area (Å²) in [6.07, 6.45) is 2.68. The molecule has 0 bridgehead atoms. The Balaban J connectivity index is 2.77. The molecule has 0 amide bonds. The first-order valence-corrected chi connectivity index (χ1v) is 6.14. The summed E-state index contributed by atoms with van der Waals surface area (Å²) in [5.41, 5.74) is 3.68. The number of aryl methyl sites for hydroxylation is 2. The van der Waals surface area contributed by atoms with Crippen LogP contribution in [0.4, 0.5) is 0 Å². The van der Waals surface area contributed by atoms with Gasteiger partial charge in [-0.1, -0.05) is 38.5 Å². The van der Waals surface area contributed by atoms with Gasteiger partial charge in [-0.05, 0) is 37.0 Å². The minimum atomic E-state index is 0.198. The van der Waals surface area contributed by atoms with E-state index >= 15 is 0 Å². The maximum atomic E-state index is 12.0. The number of ketones is 1. The number of rotatable bonds is 5. The van der Waals surface area contributed by atoms with E-state index in [1.807, 2.05) is 13.0 Å². The molecular formula is C15H22O. The van der Waals surface area contributed by atoms with E-state index in [1.54, 1.807) is 0 Å². The molecule has 1 aromatic carbocycles. The highest BCUT2D eigenvalue weighted by molar-refractivity contribution is 5.83. The van der Waals surface area contributed by atoms with Crippen molar-refractivity contribution < 1.29 is 4.79 Å². The number of carbonyl (C=O) groups is 1. The fraction of sp³-hybridized carbons (Fsp3) is 0.533. The quantitative estimate of drug-likeness (QED) is 0.733. The lowest BCUT2D eigenvalue weighted by molar-refractivity contribution is -0.121. The predicted molar refractivity (Wildman–Crippen MR) is 68.7 cm³/mol. The zero-order chi connectivity index (χ0) is 12.1. The summed E-state index contributed by atoms with van der Waals surface area (Å²) in [4.78, 5) is 12.0. The van der Waals surface area contributed by atoms with Crippen molar-refractivity contribution in [3.8, 4) is 0 Å². The normalized spacial score (nSPS) is 12.5. The van der Waals surface area contributed by atoms with E-state index in [4.69, 9.17) is 0 Å². The average molecular weight is 218 g/mol. The second-order valence-corrected chi connectivity index (χ2v) is 4.70. The van der Waals surface area contributed by atoms with Crippen LogP contribution in [-0.2, 0) is 11.2 Å². The van der Waals surface area contributed by atoms with Crippen LogP contribution in [0.1, 0.15) is 43.4 Å². The number of Topliss-reactive ketones (excluding diaryl/α,β-unsaturated/α-hetero) is 1. The molecule has 1 unspecified atom stereocenters. The lowest BCUT2D eigenvalue weighted by Crippen LogP contribution is -2.14. The Bertz CT molecular complexity index is 345. The monoisotopic (exact) mass is 218 g/mol. The standard InChI is InChI=1S/C15H22O/c1-5-7-13(4)15(16)10-14-11(2)8-6-9-12(14)3/h6,8-9,13H,5,7,10H2,1-4H3. The molecule has 0 aliphatic heterocycles. The van der Waals surface area contributed by atoms with E-state index in [1.165, 1.54) is 16.7 Å². The summed E-state index contributed by atoms with van der Waals surface area (Å²) >= 11 is 0. The predicted octanol–water partition coefficient (Wildman–Crippen LogP) is 3.85. The van der Waals surface area contributed by atoms with Crippen molar-refractivity contribution in [3.05, 3.63) is 34.9 Å². The Labute approximate surface area is 98.9 Å². The number of hydrogen-bond acceptors (Lipinski definition) is 1. The van der Waals surface area contributed by atoms with Gasteiger partial charge in [-0.25, -0.2) is 0 Å². The molecule has 0 aromatic heterocycles. The molecule has 0 spiro atoms. The average Bonchev–Trinajstić information content (AvgIpc) is 2.23. The molecule has 1 aromatic rings. The van der Waals surface area contributed by atoms with Gasteiger partial charge >= 0.3 is 0 Å². The first-order valence-electron chi connectivity index (χ1n) is 6.14. The number of carbonyl (C=O) groups excluding carboxylic acids is 1. The van der Waals surface area contributed by atoms with Crippen LogP contribution in [-0.4, -0.2) is 5.78 Å². The molecule has 0 saturated carbocycles. The Morgan fingerprint density at radius 1 is 1.25 bits per heavy atom. The van der Waals surface area contributed by atoms with Crippen molar-refractivity contribution in [3.63, 3.8) is 0 Å². The maximum Gasteiger partial charge on any atom is 0.140 e. The van der Waals surface area contributed by atoms with Gasteiger partial charge in [-0.2, -0.15) is 0 Å². The first kappa shape index (κ1) is 13.0. The molecule has 0 aliphatic rings. The van der Waals surface area contributed by atoms with E-state index in [0.717, 1.165) is 12.8 Å². The van der Waals surface area contributed by atoms with Gasteiger partial charge in [-0.15, -0.1) is 0 Å². The first-order chi connectivity index (χ1) is 7.56. The summed E-state index contributed by atoms with van der Waals surface area (Å²) in [5, 5.41) is 0. The Kier molecular flexibility index (Phi) is 4.72. The molecule has 1 atom stereocenters. The lowest BCUT2D eigenvalue weighted by Gasteiger charge is -2.12. The Hall–Kier alpha value is -1.11.